The van der Waals surface area contributed by atoms with Gasteiger partial charge in [0.25, 0.3) is 0 Å². The Labute approximate surface area is 134 Å². The summed E-state index contributed by atoms with van der Waals surface area (Å²) >= 11 is 0. The van der Waals surface area contributed by atoms with E-state index in [0.717, 1.165) is 18.4 Å². The van der Waals surface area contributed by atoms with E-state index in [-0.39, 0.29) is 29.9 Å². The lowest BCUT2D eigenvalue weighted by Gasteiger charge is -2.37. The van der Waals surface area contributed by atoms with Crippen LogP contribution in [0.2, 0.25) is 0 Å². The topological polar surface area (TPSA) is 45.3 Å². The molecule has 0 radical (unpaired) electrons. The van der Waals surface area contributed by atoms with E-state index in [9.17, 15) is 4.79 Å². The fourth-order valence-electron chi connectivity index (χ4n) is 3.97. The van der Waals surface area contributed by atoms with Crippen molar-refractivity contribution in [3.63, 3.8) is 0 Å². The van der Waals surface area contributed by atoms with Gasteiger partial charge in [-0.15, -0.1) is 0 Å². The number of nitrogens with one attached hydrogen (secondary N) is 1. The van der Waals surface area contributed by atoms with Gasteiger partial charge in [-0.05, 0) is 25.4 Å². The van der Waals surface area contributed by atoms with Crippen LogP contribution in [0.5, 0.6) is 0 Å². The molecule has 4 nitrogen and oxygen atoms in total. The monoisotopic (exact) mass is 301 g/mol. The Hall–Kier alpha value is -1.81. The van der Waals surface area contributed by atoms with Gasteiger partial charge in [-0.3, -0.25) is 4.90 Å². The largest absolute Gasteiger partial charge is 0.459 e. The quantitative estimate of drug-likeness (QED) is 0.884. The Morgan fingerprint density at radius 1 is 1.41 bits per heavy atom. The van der Waals surface area contributed by atoms with Gasteiger partial charge in [0.2, 0.25) is 0 Å². The van der Waals surface area contributed by atoms with Crippen molar-refractivity contribution >= 4 is 16.9 Å². The summed E-state index contributed by atoms with van der Waals surface area (Å²) in [6, 6.07) is 7.60. The van der Waals surface area contributed by atoms with Crippen molar-refractivity contribution in [3.8, 4) is 0 Å². The van der Waals surface area contributed by atoms with Gasteiger partial charge < -0.3 is 9.72 Å². The molecule has 0 saturated carbocycles. The van der Waals surface area contributed by atoms with Crippen LogP contribution in [0, 0.1) is 0 Å². The van der Waals surface area contributed by atoms with E-state index in [1.807, 2.05) is 29.2 Å². The van der Waals surface area contributed by atoms with Crippen LogP contribution in [0.25, 0.3) is 10.9 Å². The fraction of sp³-hybridized carbons (Fsp3) is 0.500. The molecule has 2 aliphatic rings. The van der Waals surface area contributed by atoms with Gasteiger partial charge in [0.05, 0.1) is 6.93 Å². The van der Waals surface area contributed by atoms with Gasteiger partial charge in [0.1, 0.15) is 6.10 Å². The molecule has 22 heavy (non-hydrogen) atoms. The maximum absolute atomic E-state index is 12.7. The van der Waals surface area contributed by atoms with Crippen molar-refractivity contribution in [2.45, 2.75) is 50.8 Å². The first kappa shape index (κ1) is 10.8. The van der Waals surface area contributed by atoms with Crippen LogP contribution >= 0.6 is 0 Å². The zero-order chi connectivity index (χ0) is 17.8. The third-order valence-corrected chi connectivity index (χ3v) is 4.94. The number of carbonyl (C=O) groups is 1. The molecule has 2 bridgehead atoms. The summed E-state index contributed by atoms with van der Waals surface area (Å²) in [6.07, 6.45) is 3.08. The summed E-state index contributed by atoms with van der Waals surface area (Å²) in [5.74, 6) is -0.459. The highest BCUT2D eigenvalue weighted by Gasteiger charge is 2.41. The second kappa shape index (κ2) is 5.43. The minimum Gasteiger partial charge on any atom is -0.459 e. The molecule has 4 heteroatoms. The number of aromatic nitrogens is 1. The van der Waals surface area contributed by atoms with E-state index in [1.165, 1.54) is 0 Å². The normalized spacial score (nSPS) is 30.8. The van der Waals surface area contributed by atoms with Crippen molar-refractivity contribution in [3.05, 3.63) is 36.0 Å². The Morgan fingerprint density at radius 3 is 2.86 bits per heavy atom. The standard InChI is InChI=1S/C18H22N2O2/c1-2-20-12-7-8-13(20)10-14(9-12)22-18(21)16-11-19-17-6-4-3-5-15(16)17/h3-6,11-14,19H,2,7-10H2,1H3/i2D2,11D. The molecule has 2 fully saturated rings. The number of benzene rings is 1. The van der Waals surface area contributed by atoms with Crippen LogP contribution in [0.1, 0.15) is 47.1 Å². The lowest BCUT2D eigenvalue weighted by atomic mass is 9.99. The number of ether oxygens (including phenoxy) is 1. The third-order valence-electron chi connectivity index (χ3n) is 4.94. The summed E-state index contributed by atoms with van der Waals surface area (Å²) < 4.78 is 29.8. The molecule has 2 unspecified atom stereocenters. The van der Waals surface area contributed by atoms with Crippen molar-refractivity contribution in [2.24, 2.45) is 0 Å². The highest BCUT2D eigenvalue weighted by atomic mass is 16.5. The number of carbonyl (C=O) groups excluding carboxylic acids is 1. The zero-order valence-electron chi connectivity index (χ0n) is 15.6. The van der Waals surface area contributed by atoms with Gasteiger partial charge in [0.15, 0.2) is 0 Å². The number of hydrogen-bond acceptors (Lipinski definition) is 3. The van der Waals surface area contributed by atoms with Gasteiger partial charge in [-0.2, -0.15) is 0 Å². The predicted molar refractivity (Wildman–Crippen MR) is 85.9 cm³/mol. The molecular formula is C18H22N2O2. The van der Waals surface area contributed by atoms with Gasteiger partial charge in [0, 0.05) is 44.7 Å². The summed E-state index contributed by atoms with van der Waals surface area (Å²) in [5.41, 5.74) is 1.05. The van der Waals surface area contributed by atoms with Crippen LogP contribution in [-0.2, 0) is 4.74 Å². The van der Waals surface area contributed by atoms with Crippen molar-refractivity contribution < 1.29 is 13.6 Å². The second-order valence-electron chi connectivity index (χ2n) is 6.19. The van der Waals surface area contributed by atoms with E-state index in [1.54, 1.807) is 6.92 Å². The molecule has 2 atom stereocenters. The summed E-state index contributed by atoms with van der Waals surface area (Å²) in [5, 5.41) is 0.711. The summed E-state index contributed by atoms with van der Waals surface area (Å²) in [7, 11) is 0. The molecule has 2 aromatic rings. The first-order chi connectivity index (χ1) is 11.8. The Morgan fingerprint density at radius 2 is 2.14 bits per heavy atom. The molecule has 1 aromatic carbocycles. The molecule has 3 heterocycles. The minimum absolute atomic E-state index is 0.0801. The number of aromatic amines is 1. The van der Waals surface area contributed by atoms with E-state index in [4.69, 9.17) is 8.85 Å². The van der Waals surface area contributed by atoms with E-state index in [2.05, 4.69) is 4.98 Å². The average molecular weight is 301 g/mol. The van der Waals surface area contributed by atoms with Crippen molar-refractivity contribution in [1.82, 2.24) is 9.88 Å². The third kappa shape index (κ3) is 2.22. The summed E-state index contributed by atoms with van der Waals surface area (Å²) in [6.45, 7) is 0.259. The maximum Gasteiger partial charge on any atom is 0.340 e. The Balaban J connectivity index is 1.52. The lowest BCUT2D eigenvalue weighted by Crippen LogP contribution is -2.45. The molecule has 4 rings (SSSR count). The smallest absolute Gasteiger partial charge is 0.340 e. The van der Waals surface area contributed by atoms with Crippen molar-refractivity contribution in [2.75, 3.05) is 6.50 Å². The summed E-state index contributed by atoms with van der Waals surface area (Å²) in [4.78, 5) is 17.5. The molecule has 1 aromatic heterocycles. The van der Waals surface area contributed by atoms with Crippen LogP contribution in [0.15, 0.2) is 30.4 Å². The first-order valence-corrected chi connectivity index (χ1v) is 7.91. The Bertz CT molecular complexity index is 800. The number of rotatable bonds is 3. The number of H-pyrrole nitrogens is 1. The number of hydrogen-bond donors (Lipinski definition) is 1. The maximum atomic E-state index is 12.7. The molecular weight excluding hydrogens is 276 g/mol. The average Bonchev–Trinajstić information content (AvgIpc) is 3.01. The lowest BCUT2D eigenvalue weighted by molar-refractivity contribution is -0.00460. The van der Waals surface area contributed by atoms with Gasteiger partial charge >= 0.3 is 5.97 Å². The van der Waals surface area contributed by atoms with E-state index < -0.39 is 12.5 Å². The van der Waals surface area contributed by atoms with Gasteiger partial charge in [-0.25, -0.2) is 4.79 Å². The number of esters is 1. The SMILES string of the molecule is [2H]c1[nH]c2ccccc2c1C(=O)OC1CC2CCC(C1)N2C([2H])([2H])C. The molecule has 0 aliphatic carbocycles. The molecule has 116 valence electrons. The van der Waals surface area contributed by atoms with Gasteiger partial charge in [-0.1, -0.05) is 25.1 Å². The second-order valence-corrected chi connectivity index (χ2v) is 6.19. The molecule has 2 aliphatic heterocycles. The minimum atomic E-state index is -1.34. The highest BCUT2D eigenvalue weighted by Crippen LogP contribution is 2.36. The first-order valence-electron chi connectivity index (χ1n) is 9.41. The van der Waals surface area contributed by atoms with Crippen LogP contribution < -0.4 is 0 Å². The molecule has 1 N–H and O–H groups in total. The molecule has 0 spiro atoms. The molecule has 0 amide bonds. The number of para-hydroxylation sites is 1. The Kier molecular flexibility index (Phi) is 2.68. The number of piperidine rings is 1. The van der Waals surface area contributed by atoms with Crippen LogP contribution in [0.4, 0.5) is 0 Å². The number of fused-ring (bicyclic) bond motifs is 3. The number of nitrogens with zero attached hydrogens (tertiary/aromatic N) is 1. The van der Waals surface area contributed by atoms with Crippen LogP contribution in [-0.4, -0.2) is 40.5 Å². The zero-order valence-corrected chi connectivity index (χ0v) is 12.6. The van der Waals surface area contributed by atoms with Crippen molar-refractivity contribution in [1.29, 1.82) is 0 Å². The predicted octanol–water partition coefficient (Wildman–Crippen LogP) is 3.34. The highest BCUT2D eigenvalue weighted by molar-refractivity contribution is 6.04. The van der Waals surface area contributed by atoms with Crippen LogP contribution in [0.3, 0.4) is 0 Å². The van der Waals surface area contributed by atoms with E-state index in [0.29, 0.717) is 18.2 Å². The van der Waals surface area contributed by atoms with E-state index >= 15 is 0 Å². The fourth-order valence-corrected chi connectivity index (χ4v) is 3.97. The molecule has 2 saturated heterocycles.